The molecule has 24 heavy (non-hydrogen) atoms. The summed E-state index contributed by atoms with van der Waals surface area (Å²) in [5.74, 6) is 0.876. The summed E-state index contributed by atoms with van der Waals surface area (Å²) in [5.41, 5.74) is 4.07. The van der Waals surface area contributed by atoms with Crippen LogP contribution >= 0.6 is 34.9 Å². The molecule has 0 aliphatic heterocycles. The van der Waals surface area contributed by atoms with Gasteiger partial charge < -0.3 is 0 Å². The quantitative estimate of drug-likeness (QED) is 0.341. The molecule has 2 aromatic heterocycles. The van der Waals surface area contributed by atoms with Crippen LogP contribution in [0.3, 0.4) is 0 Å². The molecule has 0 N–H and O–H groups in total. The highest BCUT2D eigenvalue weighted by atomic mass is 35.5. The van der Waals surface area contributed by atoms with E-state index in [1.807, 2.05) is 30.3 Å². The van der Waals surface area contributed by atoms with Gasteiger partial charge in [-0.25, -0.2) is 9.97 Å². The molecule has 2 heterocycles. The number of hydrogen-bond donors (Lipinski definition) is 0. The monoisotopic (exact) mass is 369 g/mol. The third-order valence-corrected chi connectivity index (χ3v) is 5.84. The van der Waals surface area contributed by atoms with Gasteiger partial charge in [-0.15, -0.1) is 11.8 Å². The summed E-state index contributed by atoms with van der Waals surface area (Å²) in [7, 11) is 0. The molecule has 0 fully saturated rings. The zero-order valence-electron chi connectivity index (χ0n) is 12.5. The minimum absolute atomic E-state index is 0.715. The van der Waals surface area contributed by atoms with Gasteiger partial charge in [0.25, 0.3) is 0 Å². The molecule has 0 amide bonds. The third-order valence-electron chi connectivity index (χ3n) is 3.56. The Morgan fingerprint density at radius 2 is 1.75 bits per heavy atom. The lowest BCUT2D eigenvalue weighted by Crippen LogP contribution is -1.86. The van der Waals surface area contributed by atoms with Crippen molar-refractivity contribution >= 4 is 45.1 Å². The number of halogens is 1. The van der Waals surface area contributed by atoms with E-state index in [2.05, 4.69) is 38.6 Å². The van der Waals surface area contributed by atoms with E-state index in [0.717, 1.165) is 32.3 Å². The van der Waals surface area contributed by atoms with Gasteiger partial charge in [0.1, 0.15) is 27.3 Å². The van der Waals surface area contributed by atoms with Crippen LogP contribution in [0.4, 0.5) is 0 Å². The van der Waals surface area contributed by atoms with Gasteiger partial charge in [-0.1, -0.05) is 54.1 Å². The second-order valence-corrected chi connectivity index (χ2v) is 7.34. The lowest BCUT2D eigenvalue weighted by Gasteiger charge is -2.02. The van der Waals surface area contributed by atoms with E-state index in [1.54, 1.807) is 18.1 Å². The SMILES string of the molecule is Clc1ccc(-c2nsc3c(SCc4ccccc4)ncnc23)cc1. The smallest absolute Gasteiger partial charge is 0.119 e. The van der Waals surface area contributed by atoms with Crippen LogP contribution < -0.4 is 0 Å². The lowest BCUT2D eigenvalue weighted by atomic mass is 10.1. The third kappa shape index (κ3) is 3.15. The first-order chi connectivity index (χ1) is 11.8. The molecule has 2 aromatic carbocycles. The molecular weight excluding hydrogens is 358 g/mol. The molecule has 0 unspecified atom stereocenters. The maximum absolute atomic E-state index is 5.97. The Hall–Kier alpha value is -1.95. The first-order valence-corrected chi connectivity index (χ1v) is 9.48. The second kappa shape index (κ2) is 6.89. The van der Waals surface area contributed by atoms with Gasteiger partial charge in [-0.3, -0.25) is 0 Å². The van der Waals surface area contributed by atoms with Gasteiger partial charge >= 0.3 is 0 Å². The second-order valence-electron chi connectivity index (χ2n) is 5.17. The Kier molecular flexibility index (Phi) is 4.47. The highest BCUT2D eigenvalue weighted by Crippen LogP contribution is 2.35. The molecule has 0 aliphatic carbocycles. The Morgan fingerprint density at radius 1 is 0.958 bits per heavy atom. The van der Waals surface area contributed by atoms with Crippen molar-refractivity contribution in [3.63, 3.8) is 0 Å². The van der Waals surface area contributed by atoms with Crippen LogP contribution in [0.5, 0.6) is 0 Å². The van der Waals surface area contributed by atoms with E-state index in [0.29, 0.717) is 5.02 Å². The molecule has 0 saturated heterocycles. The Balaban J connectivity index is 1.67. The predicted octanol–water partition coefficient (Wildman–Crippen LogP) is 5.70. The van der Waals surface area contributed by atoms with Crippen molar-refractivity contribution in [1.82, 2.24) is 14.3 Å². The standard InChI is InChI=1S/C18H12ClN3S2/c19-14-8-6-13(7-9-14)15-16-17(24-22-15)18(21-11-20-16)23-10-12-4-2-1-3-5-12/h1-9,11H,10H2. The van der Waals surface area contributed by atoms with Crippen LogP contribution in [0.25, 0.3) is 21.5 Å². The maximum Gasteiger partial charge on any atom is 0.119 e. The van der Waals surface area contributed by atoms with Gasteiger partial charge in [0.2, 0.25) is 0 Å². The Bertz CT molecular complexity index is 969. The van der Waals surface area contributed by atoms with Crippen molar-refractivity contribution in [3.8, 4) is 11.3 Å². The number of thioether (sulfide) groups is 1. The summed E-state index contributed by atoms with van der Waals surface area (Å²) in [4.78, 5) is 8.89. The van der Waals surface area contributed by atoms with Crippen molar-refractivity contribution in [1.29, 1.82) is 0 Å². The van der Waals surface area contributed by atoms with E-state index >= 15 is 0 Å². The number of rotatable bonds is 4. The zero-order chi connectivity index (χ0) is 16.4. The molecule has 3 nitrogen and oxygen atoms in total. The Labute approximate surface area is 152 Å². The van der Waals surface area contributed by atoms with Crippen LogP contribution in [0.15, 0.2) is 66.0 Å². The summed E-state index contributed by atoms with van der Waals surface area (Å²) in [6.45, 7) is 0. The number of aromatic nitrogens is 3. The first-order valence-electron chi connectivity index (χ1n) is 7.34. The van der Waals surface area contributed by atoms with E-state index in [-0.39, 0.29) is 0 Å². The Morgan fingerprint density at radius 3 is 2.54 bits per heavy atom. The molecule has 0 spiro atoms. The van der Waals surface area contributed by atoms with Gasteiger partial charge in [-0.2, -0.15) is 4.37 Å². The van der Waals surface area contributed by atoms with E-state index in [1.165, 1.54) is 17.1 Å². The molecule has 0 radical (unpaired) electrons. The number of nitrogens with zero attached hydrogens (tertiary/aromatic N) is 3. The molecule has 4 rings (SSSR count). The molecule has 0 bridgehead atoms. The topological polar surface area (TPSA) is 38.7 Å². The lowest BCUT2D eigenvalue weighted by molar-refractivity contribution is 1.11. The summed E-state index contributed by atoms with van der Waals surface area (Å²) in [6, 6.07) is 18.1. The maximum atomic E-state index is 5.97. The highest BCUT2D eigenvalue weighted by molar-refractivity contribution is 7.98. The average Bonchev–Trinajstić information content (AvgIpc) is 3.06. The normalized spacial score (nSPS) is 11.0. The van der Waals surface area contributed by atoms with Crippen LogP contribution in [0.2, 0.25) is 5.02 Å². The van der Waals surface area contributed by atoms with Crippen molar-refractivity contribution < 1.29 is 0 Å². The van der Waals surface area contributed by atoms with Gasteiger partial charge in [0.15, 0.2) is 0 Å². The molecule has 0 atom stereocenters. The number of hydrogen-bond acceptors (Lipinski definition) is 5. The number of fused-ring (bicyclic) bond motifs is 1. The van der Waals surface area contributed by atoms with Crippen LogP contribution in [-0.2, 0) is 5.75 Å². The largest absolute Gasteiger partial charge is 0.233 e. The first kappa shape index (κ1) is 15.6. The van der Waals surface area contributed by atoms with Crippen molar-refractivity contribution in [3.05, 3.63) is 71.5 Å². The summed E-state index contributed by atoms with van der Waals surface area (Å²) in [6.07, 6.45) is 1.61. The molecule has 0 aliphatic rings. The van der Waals surface area contributed by atoms with Crippen molar-refractivity contribution in [2.45, 2.75) is 10.8 Å². The summed E-state index contributed by atoms with van der Waals surface area (Å²) in [5, 5.41) is 1.69. The zero-order valence-corrected chi connectivity index (χ0v) is 14.9. The summed E-state index contributed by atoms with van der Waals surface area (Å²) >= 11 is 9.13. The fraction of sp³-hybridized carbons (Fsp3) is 0.0556. The summed E-state index contributed by atoms with van der Waals surface area (Å²) < 4.78 is 5.62. The minimum Gasteiger partial charge on any atom is -0.233 e. The minimum atomic E-state index is 0.715. The van der Waals surface area contributed by atoms with Crippen LogP contribution in [0, 0.1) is 0 Å². The van der Waals surface area contributed by atoms with Crippen molar-refractivity contribution in [2.75, 3.05) is 0 Å². The van der Waals surface area contributed by atoms with Crippen LogP contribution in [0.1, 0.15) is 5.56 Å². The van der Waals surface area contributed by atoms with Gasteiger partial charge in [0.05, 0.1) is 0 Å². The molecular formula is C18H12ClN3S2. The van der Waals surface area contributed by atoms with Gasteiger partial charge in [-0.05, 0) is 29.2 Å². The number of benzene rings is 2. The molecule has 4 aromatic rings. The highest BCUT2D eigenvalue weighted by Gasteiger charge is 2.14. The van der Waals surface area contributed by atoms with Crippen LogP contribution in [-0.4, -0.2) is 14.3 Å². The molecule has 6 heteroatoms. The fourth-order valence-corrected chi connectivity index (χ4v) is 4.37. The van der Waals surface area contributed by atoms with E-state index < -0.39 is 0 Å². The molecule has 118 valence electrons. The van der Waals surface area contributed by atoms with E-state index in [9.17, 15) is 0 Å². The molecule has 0 saturated carbocycles. The van der Waals surface area contributed by atoms with E-state index in [4.69, 9.17) is 11.6 Å². The van der Waals surface area contributed by atoms with Crippen molar-refractivity contribution in [2.24, 2.45) is 0 Å². The predicted molar refractivity (Wildman–Crippen MR) is 102 cm³/mol. The fourth-order valence-electron chi connectivity index (χ4n) is 2.37. The van der Waals surface area contributed by atoms with Gasteiger partial charge in [0, 0.05) is 16.3 Å². The average molecular weight is 370 g/mol.